The van der Waals surface area contributed by atoms with Gasteiger partial charge in [-0.1, -0.05) is 30.3 Å². The van der Waals surface area contributed by atoms with Crippen LogP contribution in [0, 0.1) is 0 Å². The van der Waals surface area contributed by atoms with Crippen molar-refractivity contribution in [2.24, 2.45) is 7.05 Å². The highest BCUT2D eigenvalue weighted by atomic mass is 32.2. The molecule has 0 radical (unpaired) electrons. The monoisotopic (exact) mass is 406 g/mol. The van der Waals surface area contributed by atoms with Crippen LogP contribution in [0.25, 0.3) is 0 Å². The number of aryl methyl sites for hydroxylation is 1. The number of sulfone groups is 1. The normalized spacial score (nSPS) is 15.6. The van der Waals surface area contributed by atoms with Gasteiger partial charge in [0.25, 0.3) is 5.91 Å². The summed E-state index contributed by atoms with van der Waals surface area (Å²) in [6.07, 6.45) is 1.24. The maximum atomic E-state index is 12.7. The smallest absolute Gasteiger partial charge is 0.274 e. The van der Waals surface area contributed by atoms with E-state index in [4.69, 9.17) is 4.74 Å². The van der Waals surface area contributed by atoms with Gasteiger partial charge in [-0.25, -0.2) is 13.1 Å². The minimum atomic E-state index is -2.97. The summed E-state index contributed by atoms with van der Waals surface area (Å²) in [4.78, 5) is 16.6. The summed E-state index contributed by atoms with van der Waals surface area (Å²) in [5.74, 6) is 0.551. The number of rotatable bonds is 7. The van der Waals surface area contributed by atoms with Gasteiger partial charge in [0.2, 0.25) is 5.88 Å². The zero-order valence-corrected chi connectivity index (χ0v) is 17.1. The summed E-state index contributed by atoms with van der Waals surface area (Å²) in [5, 5.41) is 4.29. The van der Waals surface area contributed by atoms with E-state index in [1.165, 1.54) is 6.26 Å². The lowest BCUT2D eigenvalue weighted by Gasteiger charge is -2.34. The molecule has 2 heterocycles. The van der Waals surface area contributed by atoms with Crippen LogP contribution in [-0.4, -0.2) is 78.6 Å². The molecule has 0 atom stereocenters. The minimum Gasteiger partial charge on any atom is -0.473 e. The molecule has 1 aliphatic heterocycles. The van der Waals surface area contributed by atoms with Crippen LogP contribution >= 0.6 is 0 Å². The van der Waals surface area contributed by atoms with Gasteiger partial charge in [-0.05, 0) is 5.56 Å². The van der Waals surface area contributed by atoms with E-state index in [1.807, 2.05) is 30.3 Å². The molecule has 1 fully saturated rings. The first kappa shape index (κ1) is 20.3. The van der Waals surface area contributed by atoms with Gasteiger partial charge >= 0.3 is 0 Å². The van der Waals surface area contributed by atoms with Crippen LogP contribution in [-0.2, 0) is 23.5 Å². The molecule has 0 N–H and O–H groups in total. The zero-order valence-electron chi connectivity index (χ0n) is 16.2. The summed E-state index contributed by atoms with van der Waals surface area (Å²) in [7, 11) is -1.22. The van der Waals surface area contributed by atoms with E-state index in [9.17, 15) is 13.2 Å². The quantitative estimate of drug-likeness (QED) is 0.676. The third kappa shape index (κ3) is 5.56. The number of hydrogen-bond acceptors (Lipinski definition) is 6. The fourth-order valence-electron chi connectivity index (χ4n) is 3.05. The summed E-state index contributed by atoms with van der Waals surface area (Å²) in [6, 6.07) is 11.5. The predicted molar refractivity (Wildman–Crippen MR) is 106 cm³/mol. The second kappa shape index (κ2) is 8.74. The van der Waals surface area contributed by atoms with E-state index in [1.54, 1.807) is 22.7 Å². The van der Waals surface area contributed by atoms with Crippen LogP contribution in [0.3, 0.4) is 0 Å². The van der Waals surface area contributed by atoms with Crippen LogP contribution < -0.4 is 4.74 Å². The van der Waals surface area contributed by atoms with E-state index in [-0.39, 0.29) is 11.7 Å². The van der Waals surface area contributed by atoms with Crippen molar-refractivity contribution in [2.75, 3.05) is 44.7 Å². The van der Waals surface area contributed by atoms with Crippen molar-refractivity contribution in [1.29, 1.82) is 0 Å². The molecule has 1 aliphatic rings. The van der Waals surface area contributed by atoms with Crippen molar-refractivity contribution in [3.05, 3.63) is 47.7 Å². The Morgan fingerprint density at radius 3 is 2.46 bits per heavy atom. The van der Waals surface area contributed by atoms with Crippen molar-refractivity contribution in [3.8, 4) is 5.88 Å². The maximum absolute atomic E-state index is 12.7. The molecule has 0 saturated carbocycles. The van der Waals surface area contributed by atoms with Gasteiger partial charge in [0, 0.05) is 52.1 Å². The molecular weight excluding hydrogens is 380 g/mol. The van der Waals surface area contributed by atoms with Crippen LogP contribution in [0.4, 0.5) is 0 Å². The minimum absolute atomic E-state index is 0.132. The van der Waals surface area contributed by atoms with Crippen molar-refractivity contribution in [3.63, 3.8) is 0 Å². The second-order valence-corrected chi connectivity index (χ2v) is 9.29. The number of ether oxygens (including phenoxy) is 1. The standard InChI is InChI=1S/C19H26N4O4S/c1-21-18(27-15-16-6-4-3-5-7-16)14-17(20-21)19(24)23-10-8-22(9-11-23)12-13-28(2,25)26/h3-7,14H,8-13,15H2,1-2H3. The average Bonchev–Trinajstić information content (AvgIpc) is 3.05. The molecule has 0 spiro atoms. The number of piperazine rings is 1. The van der Waals surface area contributed by atoms with Gasteiger partial charge in [-0.2, -0.15) is 5.10 Å². The Morgan fingerprint density at radius 2 is 1.82 bits per heavy atom. The Balaban J connectivity index is 1.54. The molecule has 152 valence electrons. The Morgan fingerprint density at radius 1 is 1.14 bits per heavy atom. The largest absolute Gasteiger partial charge is 0.473 e. The van der Waals surface area contributed by atoms with Crippen molar-refractivity contribution >= 4 is 15.7 Å². The lowest BCUT2D eigenvalue weighted by molar-refractivity contribution is 0.0637. The zero-order chi connectivity index (χ0) is 20.1. The number of nitrogens with zero attached hydrogens (tertiary/aromatic N) is 4. The molecule has 1 saturated heterocycles. The third-order valence-corrected chi connectivity index (χ3v) is 5.65. The molecule has 2 aromatic rings. The summed E-state index contributed by atoms with van der Waals surface area (Å²) in [5.41, 5.74) is 1.40. The first-order valence-corrected chi connectivity index (χ1v) is 11.3. The molecule has 28 heavy (non-hydrogen) atoms. The van der Waals surface area contributed by atoms with E-state index in [0.717, 1.165) is 5.56 Å². The molecule has 9 heteroatoms. The molecular formula is C19H26N4O4S. The van der Waals surface area contributed by atoms with Crippen LogP contribution in [0.2, 0.25) is 0 Å². The van der Waals surface area contributed by atoms with Crippen molar-refractivity contribution in [1.82, 2.24) is 19.6 Å². The Hall–Kier alpha value is -2.39. The molecule has 0 bridgehead atoms. The molecule has 0 aliphatic carbocycles. The lowest BCUT2D eigenvalue weighted by atomic mass is 10.2. The average molecular weight is 407 g/mol. The highest BCUT2D eigenvalue weighted by molar-refractivity contribution is 7.90. The number of amides is 1. The highest BCUT2D eigenvalue weighted by Crippen LogP contribution is 2.16. The Kier molecular flexibility index (Phi) is 6.35. The number of aromatic nitrogens is 2. The van der Waals surface area contributed by atoms with Gasteiger partial charge in [-0.15, -0.1) is 0 Å². The van der Waals surface area contributed by atoms with Crippen LogP contribution in [0.1, 0.15) is 16.1 Å². The second-order valence-electron chi connectivity index (χ2n) is 7.03. The maximum Gasteiger partial charge on any atom is 0.274 e. The topological polar surface area (TPSA) is 84.7 Å². The fraction of sp³-hybridized carbons (Fsp3) is 0.474. The molecule has 1 aromatic heterocycles. The number of carbonyl (C=O) groups is 1. The van der Waals surface area contributed by atoms with Gasteiger partial charge in [0.05, 0.1) is 5.75 Å². The van der Waals surface area contributed by atoms with Gasteiger partial charge in [0.15, 0.2) is 5.69 Å². The van der Waals surface area contributed by atoms with E-state index >= 15 is 0 Å². The third-order valence-electron chi connectivity index (χ3n) is 4.72. The van der Waals surface area contributed by atoms with E-state index in [2.05, 4.69) is 10.00 Å². The molecule has 0 unspecified atom stereocenters. The highest BCUT2D eigenvalue weighted by Gasteiger charge is 2.25. The molecule has 1 amide bonds. The Labute approximate surface area is 165 Å². The number of carbonyl (C=O) groups excluding carboxylic acids is 1. The molecule has 8 nitrogen and oxygen atoms in total. The predicted octanol–water partition coefficient (Wildman–Crippen LogP) is 0.802. The molecule has 3 rings (SSSR count). The first-order valence-electron chi connectivity index (χ1n) is 9.22. The molecule has 1 aromatic carbocycles. The van der Waals surface area contributed by atoms with Crippen molar-refractivity contribution < 1.29 is 17.9 Å². The van der Waals surface area contributed by atoms with Gasteiger partial charge in [0.1, 0.15) is 16.4 Å². The Bertz CT molecular complexity index is 903. The summed E-state index contributed by atoms with van der Waals surface area (Å²) >= 11 is 0. The van der Waals surface area contributed by atoms with E-state index in [0.29, 0.717) is 50.9 Å². The van der Waals surface area contributed by atoms with Crippen molar-refractivity contribution in [2.45, 2.75) is 6.61 Å². The van der Waals surface area contributed by atoms with Crippen LogP contribution in [0.15, 0.2) is 36.4 Å². The first-order chi connectivity index (χ1) is 13.3. The van der Waals surface area contributed by atoms with Gasteiger partial charge in [-0.3, -0.25) is 9.69 Å². The summed E-state index contributed by atoms with van der Waals surface area (Å²) < 4.78 is 29.9. The lowest BCUT2D eigenvalue weighted by Crippen LogP contribution is -2.49. The number of hydrogen-bond donors (Lipinski definition) is 0. The number of benzene rings is 1. The van der Waals surface area contributed by atoms with Crippen LogP contribution in [0.5, 0.6) is 5.88 Å². The van der Waals surface area contributed by atoms with E-state index < -0.39 is 9.84 Å². The van der Waals surface area contributed by atoms with Gasteiger partial charge < -0.3 is 9.64 Å². The summed E-state index contributed by atoms with van der Waals surface area (Å²) in [6.45, 7) is 3.34. The fourth-order valence-corrected chi connectivity index (χ4v) is 3.64. The SMILES string of the molecule is Cn1nc(C(=O)N2CCN(CCS(C)(=O)=O)CC2)cc1OCc1ccccc1.